The van der Waals surface area contributed by atoms with Crippen LogP contribution in [0.2, 0.25) is 0 Å². The largest absolute Gasteiger partial charge is 0.281 e. The van der Waals surface area contributed by atoms with Crippen LogP contribution in [0, 0.1) is 3.95 Å². The lowest BCUT2D eigenvalue weighted by Gasteiger charge is -2.25. The minimum absolute atomic E-state index is 0.0938. The van der Waals surface area contributed by atoms with Crippen molar-refractivity contribution in [1.82, 2.24) is 14.7 Å². The average Bonchev–Trinajstić information content (AvgIpc) is 2.89. The lowest BCUT2D eigenvalue weighted by molar-refractivity contribution is 0.163. The second-order valence-electron chi connectivity index (χ2n) is 4.44. The van der Waals surface area contributed by atoms with Crippen molar-refractivity contribution in [2.24, 2.45) is 0 Å². The first-order valence-electron chi connectivity index (χ1n) is 6.01. The molecular weight excluding hydrogens is 322 g/mol. The highest BCUT2D eigenvalue weighted by atomic mass is 32.2. The summed E-state index contributed by atoms with van der Waals surface area (Å²) >= 11 is 8.36. The van der Waals surface area contributed by atoms with E-state index < -0.39 is 9.84 Å². The summed E-state index contributed by atoms with van der Waals surface area (Å²) in [5.74, 6) is 0.556. The van der Waals surface area contributed by atoms with Gasteiger partial charge < -0.3 is 0 Å². The fraction of sp³-hybridized carbons (Fsp3) is 0.800. The smallest absolute Gasteiger partial charge is 0.181 e. The van der Waals surface area contributed by atoms with Crippen LogP contribution in [-0.2, 0) is 16.5 Å². The van der Waals surface area contributed by atoms with Crippen molar-refractivity contribution in [2.75, 3.05) is 24.3 Å². The minimum Gasteiger partial charge on any atom is -0.281 e. The van der Waals surface area contributed by atoms with Gasteiger partial charge in [-0.25, -0.2) is 13.1 Å². The Morgan fingerprint density at radius 2 is 2.37 bits per heavy atom. The van der Waals surface area contributed by atoms with Crippen LogP contribution in [0.25, 0.3) is 0 Å². The maximum Gasteiger partial charge on any atom is 0.181 e. The number of hydrogen-bond donors (Lipinski definition) is 0. The standard InChI is InChI=1S/C10H17N3O2S4/c1-3-12(8-4-5-19(14,15)6-8)7-13-10(16)18-9(11-13)17-2/h8H,3-7H2,1-2H3. The maximum absolute atomic E-state index is 11.6. The molecule has 1 aromatic rings. The molecule has 1 unspecified atom stereocenters. The Morgan fingerprint density at radius 1 is 1.63 bits per heavy atom. The molecule has 1 aliphatic heterocycles. The summed E-state index contributed by atoms with van der Waals surface area (Å²) < 4.78 is 26.6. The molecule has 0 N–H and O–H groups in total. The Labute approximate surface area is 126 Å². The molecule has 0 saturated carbocycles. The molecule has 9 heteroatoms. The molecule has 1 aliphatic rings. The number of thioether (sulfide) groups is 1. The molecule has 19 heavy (non-hydrogen) atoms. The predicted molar refractivity (Wildman–Crippen MR) is 82.2 cm³/mol. The van der Waals surface area contributed by atoms with Gasteiger partial charge >= 0.3 is 0 Å². The van der Waals surface area contributed by atoms with E-state index in [1.165, 1.54) is 11.3 Å². The number of hydrogen-bond acceptors (Lipinski definition) is 7. The van der Waals surface area contributed by atoms with E-state index in [-0.39, 0.29) is 11.8 Å². The minimum atomic E-state index is -2.85. The molecule has 1 atom stereocenters. The summed E-state index contributed by atoms with van der Waals surface area (Å²) in [7, 11) is -2.85. The van der Waals surface area contributed by atoms with E-state index in [1.54, 1.807) is 16.4 Å². The van der Waals surface area contributed by atoms with Crippen LogP contribution in [0.3, 0.4) is 0 Å². The van der Waals surface area contributed by atoms with Gasteiger partial charge in [0.2, 0.25) is 0 Å². The maximum atomic E-state index is 11.6. The molecule has 2 heterocycles. The molecular formula is C10H17N3O2S4. The van der Waals surface area contributed by atoms with Crippen molar-refractivity contribution < 1.29 is 8.42 Å². The van der Waals surface area contributed by atoms with Gasteiger partial charge in [0.25, 0.3) is 0 Å². The molecule has 0 amide bonds. The monoisotopic (exact) mass is 339 g/mol. The van der Waals surface area contributed by atoms with Crippen LogP contribution in [0.15, 0.2) is 4.34 Å². The summed E-state index contributed by atoms with van der Waals surface area (Å²) in [6.45, 7) is 3.41. The van der Waals surface area contributed by atoms with Gasteiger partial charge in [-0.05, 0) is 31.4 Å². The Balaban J connectivity index is 2.11. The van der Waals surface area contributed by atoms with E-state index in [0.29, 0.717) is 18.8 Å². The molecule has 1 saturated heterocycles. The highest BCUT2D eigenvalue weighted by Gasteiger charge is 2.31. The van der Waals surface area contributed by atoms with E-state index in [1.807, 2.05) is 13.2 Å². The van der Waals surface area contributed by atoms with E-state index in [4.69, 9.17) is 12.2 Å². The van der Waals surface area contributed by atoms with Crippen molar-refractivity contribution in [2.45, 2.75) is 30.4 Å². The van der Waals surface area contributed by atoms with Gasteiger partial charge in [0, 0.05) is 6.04 Å². The fourth-order valence-corrected chi connectivity index (χ4v) is 5.67. The Kier molecular flexibility index (Phi) is 5.04. The molecule has 1 aromatic heterocycles. The predicted octanol–water partition coefficient (Wildman–Crippen LogP) is 1.86. The average molecular weight is 340 g/mol. The first-order valence-corrected chi connectivity index (χ1v) is 10.3. The third-order valence-corrected chi connectivity index (χ3v) is 7.24. The van der Waals surface area contributed by atoms with Crippen LogP contribution in [0.5, 0.6) is 0 Å². The SMILES string of the molecule is CCN(Cn1nc(SC)sc1=S)C1CCS(=O)(=O)C1. The first kappa shape index (κ1) is 15.4. The molecule has 0 aliphatic carbocycles. The van der Waals surface area contributed by atoms with Crippen LogP contribution in [0.4, 0.5) is 0 Å². The normalized spacial score (nSPS) is 22.2. The summed E-state index contributed by atoms with van der Waals surface area (Å²) in [6.07, 6.45) is 2.68. The van der Waals surface area contributed by atoms with Crippen LogP contribution in [-0.4, -0.2) is 53.4 Å². The zero-order chi connectivity index (χ0) is 14.0. The van der Waals surface area contributed by atoms with Gasteiger partial charge in [-0.1, -0.05) is 30.0 Å². The van der Waals surface area contributed by atoms with Crippen LogP contribution >= 0.6 is 35.3 Å². The van der Waals surface area contributed by atoms with Crippen molar-refractivity contribution in [3.05, 3.63) is 3.95 Å². The van der Waals surface area contributed by atoms with Gasteiger partial charge in [-0.3, -0.25) is 4.90 Å². The van der Waals surface area contributed by atoms with Gasteiger partial charge in [-0.15, -0.1) is 0 Å². The molecule has 0 radical (unpaired) electrons. The molecule has 0 bridgehead atoms. The van der Waals surface area contributed by atoms with Crippen LogP contribution in [0.1, 0.15) is 13.3 Å². The molecule has 2 rings (SSSR count). The van der Waals surface area contributed by atoms with Crippen molar-refractivity contribution in [1.29, 1.82) is 0 Å². The molecule has 5 nitrogen and oxygen atoms in total. The molecule has 0 spiro atoms. The zero-order valence-corrected chi connectivity index (χ0v) is 14.2. The topological polar surface area (TPSA) is 55.2 Å². The molecule has 108 valence electrons. The van der Waals surface area contributed by atoms with Crippen molar-refractivity contribution in [3.63, 3.8) is 0 Å². The lowest BCUT2D eigenvalue weighted by atomic mass is 10.2. The summed E-state index contributed by atoms with van der Waals surface area (Å²) in [5, 5.41) is 4.43. The summed E-state index contributed by atoms with van der Waals surface area (Å²) in [6, 6.07) is 0.0938. The van der Waals surface area contributed by atoms with Crippen molar-refractivity contribution >= 4 is 45.2 Å². The van der Waals surface area contributed by atoms with Gasteiger partial charge in [0.05, 0.1) is 18.2 Å². The first-order chi connectivity index (χ1) is 8.95. The van der Waals surface area contributed by atoms with E-state index in [0.717, 1.165) is 14.8 Å². The van der Waals surface area contributed by atoms with Gasteiger partial charge in [0.15, 0.2) is 18.1 Å². The van der Waals surface area contributed by atoms with Crippen molar-refractivity contribution in [3.8, 4) is 0 Å². The molecule has 0 aromatic carbocycles. The second kappa shape index (κ2) is 6.21. The fourth-order valence-electron chi connectivity index (χ4n) is 2.17. The third kappa shape index (κ3) is 3.78. The summed E-state index contributed by atoms with van der Waals surface area (Å²) in [4.78, 5) is 2.14. The quantitative estimate of drug-likeness (QED) is 0.603. The highest BCUT2D eigenvalue weighted by molar-refractivity contribution is 8.00. The Hall–Kier alpha value is 0.0400. The number of aromatic nitrogens is 2. The Bertz CT molecular complexity index is 592. The lowest BCUT2D eigenvalue weighted by Crippen LogP contribution is -2.37. The van der Waals surface area contributed by atoms with E-state index in [9.17, 15) is 8.42 Å². The number of sulfone groups is 1. The highest BCUT2D eigenvalue weighted by Crippen LogP contribution is 2.21. The van der Waals surface area contributed by atoms with E-state index >= 15 is 0 Å². The number of rotatable bonds is 5. The van der Waals surface area contributed by atoms with Crippen LogP contribution < -0.4 is 0 Å². The van der Waals surface area contributed by atoms with Gasteiger partial charge in [-0.2, -0.15) is 5.10 Å². The second-order valence-corrected chi connectivity index (χ2v) is 9.35. The summed E-state index contributed by atoms with van der Waals surface area (Å²) in [5.41, 5.74) is 0. The zero-order valence-electron chi connectivity index (χ0n) is 10.9. The molecule has 1 fully saturated rings. The van der Waals surface area contributed by atoms with E-state index in [2.05, 4.69) is 10.00 Å². The third-order valence-electron chi connectivity index (χ3n) is 3.21. The Morgan fingerprint density at radius 3 is 2.84 bits per heavy atom. The number of nitrogens with zero attached hydrogens (tertiary/aromatic N) is 3. The van der Waals surface area contributed by atoms with Gasteiger partial charge in [0.1, 0.15) is 0 Å².